The number of piperidine rings is 1. The normalized spacial score (nSPS) is 22.4. The number of rotatable bonds is 2. The van der Waals surface area contributed by atoms with Crippen LogP contribution in [-0.2, 0) is 0 Å². The molecule has 2 aliphatic heterocycles. The van der Waals surface area contributed by atoms with Gasteiger partial charge in [0.05, 0.1) is 0 Å². The van der Waals surface area contributed by atoms with Crippen LogP contribution in [0.15, 0.2) is 18.3 Å². The van der Waals surface area contributed by atoms with E-state index in [9.17, 15) is 0 Å². The summed E-state index contributed by atoms with van der Waals surface area (Å²) in [7, 11) is 2.22. The first-order chi connectivity index (χ1) is 10.8. The van der Waals surface area contributed by atoms with Gasteiger partial charge in [-0.15, -0.1) is 0 Å². The van der Waals surface area contributed by atoms with Gasteiger partial charge in [0.15, 0.2) is 5.65 Å². The molecule has 22 heavy (non-hydrogen) atoms. The Labute approximate surface area is 136 Å². The molecule has 0 saturated carbocycles. The minimum absolute atomic E-state index is 0.570. The van der Waals surface area contributed by atoms with Crippen molar-refractivity contribution >= 4 is 22.9 Å². The second-order valence-corrected chi connectivity index (χ2v) is 7.83. The molecule has 2 saturated heterocycles. The lowest BCUT2D eigenvalue weighted by atomic mass is 9.99. The van der Waals surface area contributed by atoms with Crippen molar-refractivity contribution in [3.8, 4) is 0 Å². The number of thioether (sulfide) groups is 1. The van der Waals surface area contributed by atoms with Crippen molar-refractivity contribution in [2.75, 3.05) is 31.6 Å². The molecule has 4 nitrogen and oxygen atoms in total. The molecule has 4 rings (SSSR count). The predicted octanol–water partition coefficient (Wildman–Crippen LogP) is 3.31. The number of nitrogens with zero attached hydrogens (tertiary/aromatic N) is 4. The van der Waals surface area contributed by atoms with Crippen LogP contribution in [0.2, 0.25) is 0 Å². The van der Waals surface area contributed by atoms with Gasteiger partial charge in [-0.25, -0.2) is 9.97 Å². The van der Waals surface area contributed by atoms with E-state index in [0.29, 0.717) is 12.0 Å². The molecule has 0 amide bonds. The highest BCUT2D eigenvalue weighted by Crippen LogP contribution is 2.36. The molecule has 0 atom stereocenters. The quantitative estimate of drug-likeness (QED) is 0.851. The van der Waals surface area contributed by atoms with Crippen molar-refractivity contribution in [1.29, 1.82) is 0 Å². The van der Waals surface area contributed by atoms with Crippen LogP contribution in [0.5, 0.6) is 0 Å². The predicted molar refractivity (Wildman–Crippen MR) is 92.6 cm³/mol. The van der Waals surface area contributed by atoms with E-state index in [1.54, 1.807) is 0 Å². The molecule has 0 bridgehead atoms. The second kappa shape index (κ2) is 6.20. The molecule has 2 aromatic rings. The molecule has 0 spiro atoms. The summed E-state index contributed by atoms with van der Waals surface area (Å²) in [6.07, 6.45) is 6.87. The summed E-state index contributed by atoms with van der Waals surface area (Å²) in [6.45, 7) is 2.36. The van der Waals surface area contributed by atoms with Gasteiger partial charge < -0.3 is 9.47 Å². The summed E-state index contributed by atoms with van der Waals surface area (Å²) >= 11 is 2.08. The Kier molecular flexibility index (Phi) is 4.09. The molecule has 2 aliphatic rings. The summed E-state index contributed by atoms with van der Waals surface area (Å²) in [5, 5.41) is 0. The largest absolute Gasteiger partial charge is 0.309 e. The van der Waals surface area contributed by atoms with Crippen LogP contribution in [0.1, 0.15) is 43.5 Å². The zero-order valence-electron chi connectivity index (χ0n) is 13.2. The van der Waals surface area contributed by atoms with E-state index >= 15 is 0 Å². The van der Waals surface area contributed by atoms with Gasteiger partial charge in [-0.1, -0.05) is 0 Å². The molecule has 0 radical (unpaired) electrons. The van der Waals surface area contributed by atoms with Crippen LogP contribution in [-0.4, -0.2) is 51.1 Å². The van der Waals surface area contributed by atoms with E-state index in [4.69, 9.17) is 4.98 Å². The van der Waals surface area contributed by atoms with Crippen molar-refractivity contribution in [3.05, 3.63) is 24.2 Å². The first kappa shape index (κ1) is 14.5. The Morgan fingerprint density at radius 2 is 1.91 bits per heavy atom. The van der Waals surface area contributed by atoms with Gasteiger partial charge >= 0.3 is 0 Å². The molecule has 5 heteroatoms. The number of hydrogen-bond acceptors (Lipinski definition) is 4. The third kappa shape index (κ3) is 2.65. The van der Waals surface area contributed by atoms with Gasteiger partial charge in [-0.05, 0) is 69.5 Å². The molecule has 0 aliphatic carbocycles. The maximum Gasteiger partial charge on any atom is 0.160 e. The Hall–Kier alpha value is -1.07. The second-order valence-electron chi connectivity index (χ2n) is 6.61. The summed E-state index contributed by atoms with van der Waals surface area (Å²) < 4.78 is 2.50. The molecule has 0 N–H and O–H groups in total. The van der Waals surface area contributed by atoms with Crippen LogP contribution >= 0.6 is 11.8 Å². The third-order valence-corrected chi connectivity index (χ3v) is 6.16. The van der Waals surface area contributed by atoms with Crippen molar-refractivity contribution in [3.63, 3.8) is 0 Å². The SMILES string of the molecule is CN1CCC(n2c(C3CCSCC3)nc3cccnc32)CC1. The van der Waals surface area contributed by atoms with Crippen LogP contribution in [0.4, 0.5) is 0 Å². The lowest BCUT2D eigenvalue weighted by molar-refractivity contribution is 0.219. The standard InChI is InChI=1S/C17H24N4S/c1-20-9-4-14(5-10-20)21-16(13-6-11-22-12-7-13)19-15-3-2-8-18-17(15)21/h2-3,8,13-14H,4-7,9-12H2,1H3. The first-order valence-electron chi connectivity index (χ1n) is 8.42. The average Bonchev–Trinajstić information content (AvgIpc) is 2.96. The smallest absolute Gasteiger partial charge is 0.160 e. The van der Waals surface area contributed by atoms with Crippen LogP contribution < -0.4 is 0 Å². The van der Waals surface area contributed by atoms with Gasteiger partial charge in [0, 0.05) is 18.2 Å². The van der Waals surface area contributed by atoms with Crippen molar-refractivity contribution < 1.29 is 0 Å². The first-order valence-corrected chi connectivity index (χ1v) is 9.57. The fraction of sp³-hybridized carbons (Fsp3) is 0.647. The van der Waals surface area contributed by atoms with E-state index < -0.39 is 0 Å². The average molecular weight is 316 g/mol. The molecular weight excluding hydrogens is 292 g/mol. The Bertz CT molecular complexity index is 639. The van der Waals surface area contributed by atoms with Crippen molar-refractivity contribution in [1.82, 2.24) is 19.4 Å². The lowest BCUT2D eigenvalue weighted by Gasteiger charge is -2.32. The Morgan fingerprint density at radius 3 is 2.68 bits per heavy atom. The Balaban J connectivity index is 1.76. The molecule has 2 fully saturated rings. The zero-order valence-corrected chi connectivity index (χ0v) is 14.1. The van der Waals surface area contributed by atoms with E-state index in [1.807, 2.05) is 12.3 Å². The van der Waals surface area contributed by atoms with Gasteiger partial charge in [0.25, 0.3) is 0 Å². The van der Waals surface area contributed by atoms with E-state index in [1.165, 1.54) is 56.1 Å². The molecule has 118 valence electrons. The van der Waals surface area contributed by atoms with E-state index in [-0.39, 0.29) is 0 Å². The number of fused-ring (bicyclic) bond motifs is 1. The van der Waals surface area contributed by atoms with Gasteiger partial charge in [0.1, 0.15) is 11.3 Å². The van der Waals surface area contributed by atoms with Crippen molar-refractivity contribution in [2.24, 2.45) is 0 Å². The van der Waals surface area contributed by atoms with Gasteiger partial charge in [0.2, 0.25) is 0 Å². The summed E-state index contributed by atoms with van der Waals surface area (Å²) in [4.78, 5) is 12.1. The lowest BCUT2D eigenvalue weighted by Crippen LogP contribution is -2.32. The van der Waals surface area contributed by atoms with Gasteiger partial charge in [-0.3, -0.25) is 0 Å². The molecule has 0 aromatic carbocycles. The maximum atomic E-state index is 5.01. The monoisotopic (exact) mass is 316 g/mol. The number of pyridine rings is 1. The number of hydrogen-bond donors (Lipinski definition) is 0. The van der Waals surface area contributed by atoms with Crippen molar-refractivity contribution in [2.45, 2.75) is 37.6 Å². The highest BCUT2D eigenvalue weighted by atomic mass is 32.2. The van der Waals surface area contributed by atoms with E-state index in [0.717, 1.165) is 11.2 Å². The third-order valence-electron chi connectivity index (χ3n) is 5.12. The van der Waals surface area contributed by atoms with Gasteiger partial charge in [-0.2, -0.15) is 11.8 Å². The minimum atomic E-state index is 0.570. The maximum absolute atomic E-state index is 5.01. The van der Waals surface area contributed by atoms with Crippen LogP contribution in [0.25, 0.3) is 11.2 Å². The fourth-order valence-corrected chi connectivity index (χ4v) is 4.91. The molecular formula is C17H24N4S. The highest BCUT2D eigenvalue weighted by Gasteiger charge is 2.28. The minimum Gasteiger partial charge on any atom is -0.309 e. The topological polar surface area (TPSA) is 34.0 Å². The summed E-state index contributed by atoms with van der Waals surface area (Å²) in [5.74, 6) is 4.47. The molecule has 0 unspecified atom stereocenters. The van der Waals surface area contributed by atoms with Crippen LogP contribution in [0, 0.1) is 0 Å². The molecule has 2 aromatic heterocycles. The fourth-order valence-electron chi connectivity index (χ4n) is 3.80. The zero-order chi connectivity index (χ0) is 14.9. The summed E-state index contributed by atoms with van der Waals surface area (Å²) in [6, 6.07) is 4.70. The number of aromatic nitrogens is 3. The number of likely N-dealkylation sites (tertiary alicyclic amines) is 1. The Morgan fingerprint density at radius 1 is 1.14 bits per heavy atom. The van der Waals surface area contributed by atoms with E-state index in [2.05, 4.69) is 39.3 Å². The van der Waals surface area contributed by atoms with Crippen LogP contribution in [0.3, 0.4) is 0 Å². The number of imidazole rings is 1. The highest BCUT2D eigenvalue weighted by molar-refractivity contribution is 7.99. The summed E-state index contributed by atoms with van der Waals surface area (Å²) in [5.41, 5.74) is 2.18. The molecule has 4 heterocycles.